The van der Waals surface area contributed by atoms with Gasteiger partial charge in [0.05, 0.1) is 34.3 Å². The highest BCUT2D eigenvalue weighted by molar-refractivity contribution is 6.28. The number of benzene rings is 4. The Bertz CT molecular complexity index is 3160. The highest BCUT2D eigenvalue weighted by atomic mass is 35.5. The molecule has 0 bridgehead atoms. The van der Waals surface area contributed by atoms with Crippen LogP contribution in [0, 0.1) is 73.0 Å². The molecular formula is C50H37ClN12. The van der Waals surface area contributed by atoms with E-state index in [1.165, 1.54) is 24.5 Å². The highest BCUT2D eigenvalue weighted by Crippen LogP contribution is 2.35. The van der Waals surface area contributed by atoms with E-state index in [2.05, 4.69) is 94.3 Å². The molecule has 0 atom stereocenters. The molecule has 0 aliphatic rings. The molecular weight excluding hydrogens is 804 g/mol. The zero-order valence-corrected chi connectivity index (χ0v) is 35.4. The summed E-state index contributed by atoms with van der Waals surface area (Å²) < 4.78 is 0. The van der Waals surface area contributed by atoms with Crippen LogP contribution in [0.15, 0.2) is 122 Å². The lowest BCUT2D eigenvalue weighted by atomic mass is 9.92. The Labute approximate surface area is 369 Å². The van der Waals surface area contributed by atoms with Crippen molar-refractivity contribution in [1.29, 1.82) is 21.0 Å². The van der Waals surface area contributed by atoms with E-state index in [1.54, 1.807) is 36.7 Å². The normalized spacial score (nSPS) is 10.5. The average Bonchev–Trinajstić information content (AvgIpc) is 3.28. The van der Waals surface area contributed by atoms with E-state index in [0.717, 1.165) is 77.4 Å². The number of nitrogen functional groups attached to an aromatic ring is 1. The van der Waals surface area contributed by atoms with E-state index < -0.39 is 0 Å². The predicted octanol–water partition coefficient (Wildman–Crippen LogP) is 11.1. The van der Waals surface area contributed by atoms with E-state index in [4.69, 9.17) is 43.4 Å². The Morgan fingerprint density at radius 2 is 1.06 bits per heavy atom. The lowest BCUT2D eigenvalue weighted by molar-refractivity contribution is 1.18. The summed E-state index contributed by atoms with van der Waals surface area (Å²) in [5.41, 5.74) is 18.7. The first-order valence-electron chi connectivity index (χ1n) is 19.3. The van der Waals surface area contributed by atoms with Gasteiger partial charge in [-0.1, -0.05) is 60.7 Å². The summed E-state index contributed by atoms with van der Waals surface area (Å²) in [5, 5.41) is 39.9. The number of aromatic nitrogens is 6. The number of anilines is 3. The zero-order chi connectivity index (χ0) is 44.9. The number of fused-ring (bicyclic) bond motifs is 2. The van der Waals surface area contributed by atoms with Crippen LogP contribution in [0.1, 0.15) is 44.5 Å². The second-order valence-electron chi connectivity index (χ2n) is 14.1. The van der Waals surface area contributed by atoms with Crippen LogP contribution in [0.5, 0.6) is 0 Å². The third-order valence-electron chi connectivity index (χ3n) is 9.59. The van der Waals surface area contributed by atoms with Crippen LogP contribution in [0.4, 0.5) is 17.6 Å². The molecule has 0 radical (unpaired) electrons. The Balaban J connectivity index is 0.000000180. The van der Waals surface area contributed by atoms with E-state index in [0.29, 0.717) is 28.7 Å². The maximum atomic E-state index is 8.93. The van der Waals surface area contributed by atoms with Crippen molar-refractivity contribution in [1.82, 2.24) is 29.9 Å². The van der Waals surface area contributed by atoms with Gasteiger partial charge in [-0.2, -0.15) is 21.0 Å². The van der Waals surface area contributed by atoms with Crippen molar-refractivity contribution in [3.63, 3.8) is 0 Å². The van der Waals surface area contributed by atoms with E-state index in [1.807, 2.05) is 60.7 Å². The van der Waals surface area contributed by atoms with Crippen LogP contribution in [0.25, 0.3) is 56.2 Å². The highest BCUT2D eigenvalue weighted by Gasteiger charge is 2.14. The lowest BCUT2D eigenvalue weighted by Crippen LogP contribution is -2.00. The van der Waals surface area contributed by atoms with Crippen LogP contribution in [-0.4, -0.2) is 29.9 Å². The number of rotatable bonds is 6. The van der Waals surface area contributed by atoms with Crippen molar-refractivity contribution < 1.29 is 0 Å². The number of pyridine rings is 2. The Hall–Kier alpha value is -8.81. The van der Waals surface area contributed by atoms with Crippen LogP contribution in [0.3, 0.4) is 0 Å². The molecule has 4 heterocycles. The summed E-state index contributed by atoms with van der Waals surface area (Å²) in [4.78, 5) is 25.5. The van der Waals surface area contributed by atoms with Crippen molar-refractivity contribution in [2.24, 2.45) is 0 Å². The van der Waals surface area contributed by atoms with Gasteiger partial charge in [0.25, 0.3) is 0 Å². The monoisotopic (exact) mass is 840 g/mol. The molecule has 4 aromatic carbocycles. The maximum Gasteiger partial charge on any atom is 0.228 e. The fourth-order valence-corrected chi connectivity index (χ4v) is 7.11. The molecule has 0 fully saturated rings. The van der Waals surface area contributed by atoms with Gasteiger partial charge in [-0.3, -0.25) is 0 Å². The summed E-state index contributed by atoms with van der Waals surface area (Å²) in [6.45, 7) is 8.25. The molecule has 0 aliphatic heterocycles. The van der Waals surface area contributed by atoms with Crippen LogP contribution in [0.2, 0.25) is 5.28 Å². The minimum Gasteiger partial charge on any atom is -0.384 e. The predicted molar refractivity (Wildman–Crippen MR) is 249 cm³/mol. The third-order valence-corrected chi connectivity index (χ3v) is 9.77. The number of aryl methyl sites for hydroxylation is 4. The van der Waals surface area contributed by atoms with Gasteiger partial charge in [-0.15, -0.1) is 0 Å². The fraction of sp³-hybridized carbons (Fsp3) is 0.0800. The molecule has 304 valence electrons. The molecule has 4 aromatic heterocycles. The molecule has 63 heavy (non-hydrogen) atoms. The third kappa shape index (κ3) is 10.9. The van der Waals surface area contributed by atoms with Crippen molar-refractivity contribution in [2.75, 3.05) is 11.1 Å². The van der Waals surface area contributed by atoms with Crippen LogP contribution < -0.4 is 11.1 Å². The summed E-state index contributed by atoms with van der Waals surface area (Å²) >= 11 is 5.98. The number of para-hydroxylation sites is 2. The molecule has 0 saturated carbocycles. The Kier molecular flexibility index (Phi) is 14.2. The van der Waals surface area contributed by atoms with Crippen LogP contribution in [-0.2, 0) is 0 Å². The van der Waals surface area contributed by atoms with Gasteiger partial charge in [-0.05, 0) is 120 Å². The van der Waals surface area contributed by atoms with Gasteiger partial charge in [0, 0.05) is 58.8 Å². The van der Waals surface area contributed by atoms with Crippen molar-refractivity contribution >= 4 is 63.1 Å². The number of nitrogens with two attached hydrogens (primary N) is 1. The number of halogens is 1. The standard InChI is InChI=1S/C25H18N6.C19H14ClN3.C6H5N3/c1-16-11-18(5-4-10-26)12-17(2)23(16)21-7-3-6-20-15-29-25(31-24(20)21)30-22-9-8-19(13-27)14-28-22;1-12-9-14(5-4-8-21)10-13(2)17(12)16-7-3-6-15-11-22-19(20)23-18(15)16;7-3-5-1-2-6(8)9-4-5/h3-9,11-12,14-15H,1-2H3,(H,28,29,30,31);3-7,9-11H,1-2H3;1-2,4H,(H2,8,9)/b2*5-4+;. The molecule has 0 aliphatic carbocycles. The number of hydrogen-bond acceptors (Lipinski definition) is 12. The minimum absolute atomic E-state index is 0.244. The fourth-order valence-electron chi connectivity index (χ4n) is 6.98. The first kappa shape index (κ1) is 43.8. The Morgan fingerprint density at radius 1 is 0.571 bits per heavy atom. The number of nitrogens with zero attached hydrogens (tertiary/aromatic N) is 10. The molecule has 0 spiro atoms. The van der Waals surface area contributed by atoms with Gasteiger partial charge in [0.1, 0.15) is 23.8 Å². The van der Waals surface area contributed by atoms with Crippen LogP contribution >= 0.6 is 11.6 Å². The summed E-state index contributed by atoms with van der Waals surface area (Å²) in [6.07, 6.45) is 13.1. The van der Waals surface area contributed by atoms with Gasteiger partial charge in [-0.25, -0.2) is 29.9 Å². The number of allylic oxidation sites excluding steroid dienone is 2. The van der Waals surface area contributed by atoms with Crippen molar-refractivity contribution in [3.05, 3.63) is 172 Å². The number of nitriles is 4. The van der Waals surface area contributed by atoms with Gasteiger partial charge >= 0.3 is 0 Å². The molecule has 0 saturated heterocycles. The van der Waals surface area contributed by atoms with Crippen molar-refractivity contribution in [2.45, 2.75) is 27.7 Å². The van der Waals surface area contributed by atoms with E-state index in [-0.39, 0.29) is 5.28 Å². The van der Waals surface area contributed by atoms with Gasteiger partial charge < -0.3 is 11.1 Å². The summed E-state index contributed by atoms with van der Waals surface area (Å²) in [5.74, 6) is 1.44. The summed E-state index contributed by atoms with van der Waals surface area (Å²) in [6, 6.07) is 35.0. The maximum absolute atomic E-state index is 8.93. The molecule has 3 N–H and O–H groups in total. The largest absolute Gasteiger partial charge is 0.384 e. The zero-order valence-electron chi connectivity index (χ0n) is 34.6. The molecule has 13 heteroatoms. The molecule has 12 nitrogen and oxygen atoms in total. The second-order valence-corrected chi connectivity index (χ2v) is 14.4. The van der Waals surface area contributed by atoms with E-state index in [9.17, 15) is 0 Å². The molecule has 0 unspecified atom stereocenters. The SMILES string of the molecule is Cc1cc(/C=C/C#N)cc(C)c1-c1cccc2cnc(Cl)nc12.Cc1cc(/C=C/C#N)cc(C)c1-c1cccc2cnc(Nc3ccc(C#N)cn3)nc12.N#Cc1ccc(N)nc1. The van der Waals surface area contributed by atoms with Gasteiger partial charge in [0.2, 0.25) is 11.2 Å². The quantitative estimate of drug-likeness (QED) is 0.118. The number of nitrogens with one attached hydrogen (secondary N) is 1. The first-order chi connectivity index (χ1) is 30.5. The molecule has 8 aromatic rings. The lowest BCUT2D eigenvalue weighted by Gasteiger charge is -2.14. The number of hydrogen-bond donors (Lipinski definition) is 2. The minimum atomic E-state index is 0.244. The van der Waals surface area contributed by atoms with Gasteiger partial charge in [0.15, 0.2) is 0 Å². The average molecular weight is 841 g/mol. The second kappa shape index (κ2) is 20.4. The Morgan fingerprint density at radius 3 is 1.52 bits per heavy atom. The molecule has 0 amide bonds. The smallest absolute Gasteiger partial charge is 0.228 e. The first-order valence-corrected chi connectivity index (χ1v) is 19.7. The van der Waals surface area contributed by atoms with Crippen molar-refractivity contribution in [3.8, 4) is 46.5 Å². The topological polar surface area (TPSA) is 211 Å². The summed E-state index contributed by atoms with van der Waals surface area (Å²) in [7, 11) is 0. The molecule has 8 rings (SSSR count). The van der Waals surface area contributed by atoms with E-state index >= 15 is 0 Å².